The summed E-state index contributed by atoms with van der Waals surface area (Å²) in [7, 11) is -3.82. The molecule has 0 radical (unpaired) electrons. The van der Waals surface area contributed by atoms with Crippen molar-refractivity contribution >= 4 is 27.5 Å². The number of amides is 1. The molecule has 134 valence electrons. The van der Waals surface area contributed by atoms with Crippen molar-refractivity contribution in [2.75, 3.05) is 19.6 Å². The maximum atomic E-state index is 12.2. The van der Waals surface area contributed by atoms with Crippen LogP contribution in [0.1, 0.15) is 19.3 Å². The second-order valence-corrected chi connectivity index (χ2v) is 7.38. The van der Waals surface area contributed by atoms with Crippen molar-refractivity contribution in [1.29, 1.82) is 0 Å². The van der Waals surface area contributed by atoms with E-state index in [1.54, 1.807) is 4.90 Å². The number of hydrogen-bond donors (Lipinski definition) is 1. The maximum Gasteiger partial charge on any atom is 0.387 e. The van der Waals surface area contributed by atoms with Crippen LogP contribution in [0.4, 0.5) is 8.78 Å². The predicted molar refractivity (Wildman–Crippen MR) is 83.7 cm³/mol. The van der Waals surface area contributed by atoms with Crippen molar-refractivity contribution in [2.45, 2.75) is 30.8 Å². The van der Waals surface area contributed by atoms with E-state index in [1.807, 2.05) is 0 Å². The molecule has 0 atom stereocenters. The van der Waals surface area contributed by atoms with Crippen molar-refractivity contribution in [3.63, 3.8) is 0 Å². The van der Waals surface area contributed by atoms with Gasteiger partial charge in [0.1, 0.15) is 5.75 Å². The van der Waals surface area contributed by atoms with Gasteiger partial charge in [0.05, 0.1) is 9.92 Å². The molecule has 1 aliphatic rings. The van der Waals surface area contributed by atoms with E-state index in [0.29, 0.717) is 25.9 Å². The molecule has 0 spiro atoms. The van der Waals surface area contributed by atoms with Gasteiger partial charge >= 0.3 is 6.61 Å². The first-order valence-corrected chi connectivity index (χ1v) is 9.17. The molecule has 0 bridgehead atoms. The Morgan fingerprint density at radius 2 is 2.12 bits per heavy atom. The number of benzene rings is 1. The number of sulfonamides is 1. The van der Waals surface area contributed by atoms with Crippen LogP contribution in [-0.2, 0) is 14.8 Å². The average Bonchev–Trinajstić information content (AvgIpc) is 2.90. The van der Waals surface area contributed by atoms with E-state index in [4.69, 9.17) is 11.6 Å². The molecule has 1 amide bonds. The Labute approximate surface area is 143 Å². The van der Waals surface area contributed by atoms with Gasteiger partial charge in [0.25, 0.3) is 0 Å². The van der Waals surface area contributed by atoms with E-state index in [0.717, 1.165) is 24.6 Å². The van der Waals surface area contributed by atoms with Crippen LogP contribution in [0.3, 0.4) is 0 Å². The van der Waals surface area contributed by atoms with Gasteiger partial charge in [0.15, 0.2) is 0 Å². The third kappa shape index (κ3) is 5.02. The molecule has 1 saturated heterocycles. The van der Waals surface area contributed by atoms with E-state index >= 15 is 0 Å². The topological polar surface area (TPSA) is 75.7 Å². The summed E-state index contributed by atoms with van der Waals surface area (Å²) in [5, 5.41) is -0.221. The Balaban J connectivity index is 1.90. The summed E-state index contributed by atoms with van der Waals surface area (Å²) in [5.41, 5.74) is 0. The van der Waals surface area contributed by atoms with Crippen LogP contribution < -0.4 is 9.46 Å². The van der Waals surface area contributed by atoms with Crippen molar-refractivity contribution in [2.24, 2.45) is 0 Å². The van der Waals surface area contributed by atoms with Crippen LogP contribution in [0, 0.1) is 0 Å². The summed E-state index contributed by atoms with van der Waals surface area (Å²) in [4.78, 5) is 13.0. The lowest BCUT2D eigenvalue weighted by Crippen LogP contribution is -2.30. The van der Waals surface area contributed by atoms with Gasteiger partial charge in [-0.1, -0.05) is 11.6 Å². The number of ether oxygens (including phenoxy) is 1. The number of carbonyl (C=O) groups is 1. The Hall–Kier alpha value is -1.45. The number of nitrogens with one attached hydrogen (secondary N) is 1. The first-order chi connectivity index (χ1) is 11.3. The molecular weight excluding hydrogens is 366 g/mol. The van der Waals surface area contributed by atoms with Gasteiger partial charge in [-0.2, -0.15) is 8.78 Å². The van der Waals surface area contributed by atoms with Crippen molar-refractivity contribution in [3.05, 3.63) is 23.2 Å². The lowest BCUT2D eigenvalue weighted by Gasteiger charge is -2.15. The van der Waals surface area contributed by atoms with E-state index < -0.39 is 16.6 Å². The highest BCUT2D eigenvalue weighted by atomic mass is 35.5. The van der Waals surface area contributed by atoms with Gasteiger partial charge < -0.3 is 9.64 Å². The predicted octanol–water partition coefficient (Wildman–Crippen LogP) is 2.23. The van der Waals surface area contributed by atoms with Crippen molar-refractivity contribution < 1.29 is 26.7 Å². The monoisotopic (exact) mass is 382 g/mol. The molecule has 1 aromatic rings. The third-order valence-electron chi connectivity index (χ3n) is 3.50. The summed E-state index contributed by atoms with van der Waals surface area (Å²) in [6.45, 7) is -1.70. The van der Waals surface area contributed by atoms with E-state index in [1.165, 1.54) is 0 Å². The zero-order valence-electron chi connectivity index (χ0n) is 12.7. The van der Waals surface area contributed by atoms with Gasteiger partial charge in [0, 0.05) is 26.1 Å². The van der Waals surface area contributed by atoms with Gasteiger partial charge in [-0.25, -0.2) is 13.1 Å². The summed E-state index contributed by atoms with van der Waals surface area (Å²) in [6, 6.07) is 3.26. The van der Waals surface area contributed by atoms with Crippen LogP contribution in [-0.4, -0.2) is 45.5 Å². The molecule has 0 unspecified atom stereocenters. The molecule has 1 aromatic carbocycles. The Morgan fingerprint density at radius 3 is 2.71 bits per heavy atom. The molecule has 1 heterocycles. The van der Waals surface area contributed by atoms with E-state index in [-0.39, 0.29) is 28.1 Å². The fourth-order valence-electron chi connectivity index (χ4n) is 2.34. The van der Waals surface area contributed by atoms with Gasteiger partial charge in [0.2, 0.25) is 15.9 Å². The van der Waals surface area contributed by atoms with Crippen molar-refractivity contribution in [1.82, 2.24) is 9.62 Å². The minimum Gasteiger partial charge on any atom is -0.433 e. The average molecular weight is 383 g/mol. The number of halogens is 3. The quantitative estimate of drug-likeness (QED) is 0.699. The van der Waals surface area contributed by atoms with Crippen LogP contribution >= 0.6 is 11.6 Å². The molecule has 0 aromatic heterocycles. The zero-order valence-corrected chi connectivity index (χ0v) is 14.2. The Kier molecular flexibility index (Phi) is 6.36. The van der Waals surface area contributed by atoms with Crippen LogP contribution in [0.5, 0.6) is 5.75 Å². The summed E-state index contributed by atoms with van der Waals surface area (Å²) in [6.07, 6.45) is 1.85. The standard InChI is InChI=1S/C14H17ClF2N2O4S/c15-11-9-10(4-5-12(11)23-14(16)17)24(21,22)18-6-2-8-19-7-1-3-13(19)20/h4-5,9,14,18H,1-3,6-8H2. The minimum atomic E-state index is -3.82. The number of alkyl halides is 2. The summed E-state index contributed by atoms with van der Waals surface area (Å²) < 4.78 is 55.1. The number of likely N-dealkylation sites (tertiary alicyclic amines) is 1. The molecule has 0 saturated carbocycles. The number of carbonyl (C=O) groups excluding carboxylic acids is 1. The number of hydrogen-bond acceptors (Lipinski definition) is 4. The second-order valence-electron chi connectivity index (χ2n) is 5.21. The normalized spacial score (nSPS) is 15.3. The van der Waals surface area contributed by atoms with Crippen LogP contribution in [0.15, 0.2) is 23.1 Å². The number of rotatable bonds is 8. The van der Waals surface area contributed by atoms with Gasteiger partial charge in [-0.05, 0) is 31.0 Å². The molecule has 10 heteroatoms. The van der Waals surface area contributed by atoms with E-state index in [2.05, 4.69) is 9.46 Å². The highest BCUT2D eigenvalue weighted by molar-refractivity contribution is 7.89. The summed E-state index contributed by atoms with van der Waals surface area (Å²) in [5.74, 6) is -0.211. The second kappa shape index (κ2) is 8.09. The lowest BCUT2D eigenvalue weighted by molar-refractivity contribution is -0.127. The molecule has 1 fully saturated rings. The molecule has 0 aliphatic carbocycles. The van der Waals surface area contributed by atoms with Gasteiger partial charge in [-0.15, -0.1) is 0 Å². The smallest absolute Gasteiger partial charge is 0.387 e. The highest BCUT2D eigenvalue weighted by Crippen LogP contribution is 2.28. The minimum absolute atomic E-state index is 0.0826. The third-order valence-corrected chi connectivity index (χ3v) is 5.25. The molecule has 2 rings (SSSR count). The Bertz CT molecular complexity index is 700. The molecule has 6 nitrogen and oxygen atoms in total. The van der Waals surface area contributed by atoms with E-state index in [9.17, 15) is 22.0 Å². The zero-order chi connectivity index (χ0) is 17.7. The molecule has 24 heavy (non-hydrogen) atoms. The summed E-state index contributed by atoms with van der Waals surface area (Å²) >= 11 is 5.75. The largest absolute Gasteiger partial charge is 0.433 e. The van der Waals surface area contributed by atoms with Gasteiger partial charge in [-0.3, -0.25) is 4.79 Å². The highest BCUT2D eigenvalue weighted by Gasteiger charge is 2.20. The van der Waals surface area contributed by atoms with Crippen molar-refractivity contribution in [3.8, 4) is 5.75 Å². The maximum absolute atomic E-state index is 12.2. The fourth-order valence-corrected chi connectivity index (χ4v) is 3.73. The fraction of sp³-hybridized carbons (Fsp3) is 0.500. The lowest BCUT2D eigenvalue weighted by atomic mass is 10.3. The molecule has 1 N–H and O–H groups in total. The first kappa shape index (κ1) is 18.9. The molecular formula is C14H17ClF2N2O4S. The Morgan fingerprint density at radius 1 is 1.38 bits per heavy atom. The van der Waals surface area contributed by atoms with Crippen LogP contribution in [0.2, 0.25) is 5.02 Å². The molecule has 1 aliphatic heterocycles. The number of nitrogens with zero attached hydrogens (tertiary/aromatic N) is 1. The van der Waals surface area contributed by atoms with Crippen LogP contribution in [0.25, 0.3) is 0 Å². The first-order valence-electron chi connectivity index (χ1n) is 7.31. The SMILES string of the molecule is O=C1CCCN1CCCNS(=O)(=O)c1ccc(OC(F)F)c(Cl)c1.